The van der Waals surface area contributed by atoms with Crippen molar-refractivity contribution in [2.45, 2.75) is 45.7 Å². The van der Waals surface area contributed by atoms with Crippen molar-refractivity contribution < 1.29 is 18.4 Å². The third kappa shape index (κ3) is 3.14. The lowest BCUT2D eigenvalue weighted by Crippen LogP contribution is -2.33. The summed E-state index contributed by atoms with van der Waals surface area (Å²) in [7, 11) is 0. The summed E-state index contributed by atoms with van der Waals surface area (Å²) in [6, 6.07) is 4.32. The van der Waals surface area contributed by atoms with Crippen molar-refractivity contribution in [3.05, 3.63) is 47.9 Å². The van der Waals surface area contributed by atoms with E-state index in [0.29, 0.717) is 17.3 Å². The van der Waals surface area contributed by atoms with Gasteiger partial charge in [-0.25, -0.2) is 14.2 Å². The Kier molecular flexibility index (Phi) is 4.10. The molecule has 1 saturated heterocycles. The molecule has 1 atom stereocenters. The van der Waals surface area contributed by atoms with Gasteiger partial charge in [0.15, 0.2) is 0 Å². The van der Waals surface area contributed by atoms with Crippen LogP contribution in [-0.2, 0) is 16.8 Å². The molecule has 3 rings (SSSR count). The summed E-state index contributed by atoms with van der Waals surface area (Å²) < 4.78 is 18.8. The summed E-state index contributed by atoms with van der Waals surface area (Å²) in [5, 5.41) is 0. The molecule has 7 heteroatoms. The fourth-order valence-electron chi connectivity index (χ4n) is 2.67. The largest absolute Gasteiger partial charge is 0.443 e. The maximum absolute atomic E-state index is 13.1. The smallest absolute Gasteiger partial charge is 0.332 e. The highest BCUT2D eigenvalue weighted by molar-refractivity contribution is 6.13. The number of oxazole rings is 1. The second kappa shape index (κ2) is 5.98. The molecule has 0 aliphatic carbocycles. The van der Waals surface area contributed by atoms with Crippen LogP contribution in [0.1, 0.15) is 39.3 Å². The third-order valence-corrected chi connectivity index (χ3v) is 4.14. The molecule has 1 fully saturated rings. The lowest BCUT2D eigenvalue weighted by molar-refractivity contribution is -0.127. The minimum atomic E-state index is -0.671. The van der Waals surface area contributed by atoms with Crippen molar-refractivity contribution in [2.24, 2.45) is 0 Å². The van der Waals surface area contributed by atoms with Crippen LogP contribution < -0.4 is 4.90 Å². The second-order valence-electron chi connectivity index (χ2n) is 7.10. The minimum Gasteiger partial charge on any atom is -0.443 e. The first kappa shape index (κ1) is 17.1. The Morgan fingerprint density at radius 1 is 1.20 bits per heavy atom. The fraction of sp³-hybridized carbons (Fsp3) is 0.389. The molecule has 0 unspecified atom stereocenters. The van der Waals surface area contributed by atoms with Crippen LogP contribution in [0.15, 0.2) is 34.9 Å². The molecule has 1 aromatic heterocycles. The molecule has 132 valence electrons. The topological polar surface area (TPSA) is 66.7 Å². The van der Waals surface area contributed by atoms with E-state index in [1.54, 1.807) is 13.1 Å². The van der Waals surface area contributed by atoms with E-state index in [4.69, 9.17) is 4.42 Å². The van der Waals surface area contributed by atoms with Gasteiger partial charge in [0.25, 0.3) is 5.91 Å². The molecule has 0 spiro atoms. The van der Waals surface area contributed by atoms with Crippen LogP contribution in [0.3, 0.4) is 0 Å². The highest BCUT2D eigenvalue weighted by Gasteiger charge is 2.43. The van der Waals surface area contributed by atoms with E-state index in [-0.39, 0.29) is 17.9 Å². The van der Waals surface area contributed by atoms with Crippen LogP contribution in [0.2, 0.25) is 0 Å². The summed E-state index contributed by atoms with van der Waals surface area (Å²) in [6.45, 7) is 7.57. The monoisotopic (exact) mass is 345 g/mol. The Morgan fingerprint density at radius 2 is 1.84 bits per heavy atom. The number of anilines is 1. The third-order valence-electron chi connectivity index (χ3n) is 4.14. The molecule has 0 radical (unpaired) electrons. The van der Waals surface area contributed by atoms with Gasteiger partial charge in [-0.3, -0.25) is 14.6 Å². The van der Waals surface area contributed by atoms with E-state index < -0.39 is 17.9 Å². The quantitative estimate of drug-likeness (QED) is 0.799. The number of hydrogen-bond donors (Lipinski definition) is 0. The number of hydrogen-bond acceptors (Lipinski definition) is 4. The Morgan fingerprint density at radius 3 is 2.40 bits per heavy atom. The number of rotatable bonds is 3. The van der Waals surface area contributed by atoms with E-state index in [2.05, 4.69) is 4.98 Å². The zero-order chi connectivity index (χ0) is 18.4. The van der Waals surface area contributed by atoms with Gasteiger partial charge in [-0.05, 0) is 31.2 Å². The van der Waals surface area contributed by atoms with E-state index >= 15 is 0 Å². The first-order valence-corrected chi connectivity index (χ1v) is 8.04. The number of carbonyl (C=O) groups is 2. The molecule has 2 heterocycles. The van der Waals surface area contributed by atoms with E-state index in [1.807, 2.05) is 20.8 Å². The average Bonchev–Trinajstić information content (AvgIpc) is 3.09. The number of amides is 3. The van der Waals surface area contributed by atoms with Crippen molar-refractivity contribution in [2.75, 3.05) is 4.90 Å². The van der Waals surface area contributed by atoms with Gasteiger partial charge in [-0.2, -0.15) is 0 Å². The maximum atomic E-state index is 13.1. The Labute approximate surface area is 145 Å². The lowest BCUT2D eigenvalue weighted by Gasteiger charge is -2.19. The first-order chi connectivity index (χ1) is 11.7. The molecule has 0 bridgehead atoms. The predicted molar refractivity (Wildman–Crippen MR) is 89.5 cm³/mol. The molecule has 2 aromatic rings. The molecule has 0 saturated carbocycles. The second-order valence-corrected chi connectivity index (χ2v) is 7.10. The zero-order valence-electron chi connectivity index (χ0n) is 14.6. The number of imide groups is 1. The maximum Gasteiger partial charge on any atom is 0.332 e. The van der Waals surface area contributed by atoms with E-state index in [0.717, 1.165) is 4.90 Å². The number of aromatic nitrogens is 1. The van der Waals surface area contributed by atoms with Gasteiger partial charge in [0.05, 0.1) is 6.20 Å². The van der Waals surface area contributed by atoms with Gasteiger partial charge in [0, 0.05) is 11.1 Å². The molecular weight excluding hydrogens is 325 g/mol. The van der Waals surface area contributed by atoms with Gasteiger partial charge in [0.2, 0.25) is 5.89 Å². The van der Waals surface area contributed by atoms with Crippen LogP contribution in [0.25, 0.3) is 0 Å². The number of halogens is 1. The van der Waals surface area contributed by atoms with Gasteiger partial charge in [0.1, 0.15) is 24.2 Å². The van der Waals surface area contributed by atoms with Crippen molar-refractivity contribution in [1.82, 2.24) is 9.88 Å². The van der Waals surface area contributed by atoms with Crippen LogP contribution in [0.4, 0.5) is 14.9 Å². The molecule has 6 nitrogen and oxygen atoms in total. The molecule has 3 amide bonds. The molecule has 1 aliphatic heterocycles. The zero-order valence-corrected chi connectivity index (χ0v) is 14.6. The van der Waals surface area contributed by atoms with Crippen LogP contribution in [0.5, 0.6) is 0 Å². The number of urea groups is 1. The predicted octanol–water partition coefficient (Wildman–Crippen LogP) is 3.47. The summed E-state index contributed by atoms with van der Waals surface area (Å²) in [6.07, 6.45) is 1.61. The minimum absolute atomic E-state index is 0.0320. The Balaban J connectivity index is 1.83. The summed E-state index contributed by atoms with van der Waals surface area (Å²) in [5.41, 5.74) is 0.259. The first-order valence-electron chi connectivity index (χ1n) is 8.04. The average molecular weight is 345 g/mol. The molecule has 1 aromatic carbocycles. The van der Waals surface area contributed by atoms with Crippen LogP contribution >= 0.6 is 0 Å². The van der Waals surface area contributed by atoms with E-state index in [1.165, 1.54) is 29.2 Å². The summed E-state index contributed by atoms with van der Waals surface area (Å²) in [5.74, 6) is 0.246. The number of nitrogens with zero attached hydrogens (tertiary/aromatic N) is 3. The summed E-state index contributed by atoms with van der Waals surface area (Å²) in [4.78, 5) is 31.8. The SMILES string of the molecule is C[C@H]1C(=O)N(Cc2ncc(C(C)(C)C)o2)C(=O)N1c1ccc(F)cc1. The van der Waals surface area contributed by atoms with Crippen molar-refractivity contribution in [3.63, 3.8) is 0 Å². The Hall–Kier alpha value is -2.70. The van der Waals surface area contributed by atoms with Gasteiger partial charge in [-0.1, -0.05) is 20.8 Å². The standard InChI is InChI=1S/C18H20FN3O3/c1-11-16(23)21(10-15-20-9-14(25-15)18(2,3)4)17(24)22(11)13-7-5-12(19)6-8-13/h5-9,11H,10H2,1-4H3/t11-/m0/s1. The fourth-order valence-corrected chi connectivity index (χ4v) is 2.67. The molecule has 25 heavy (non-hydrogen) atoms. The van der Waals surface area contributed by atoms with Crippen LogP contribution in [-0.4, -0.2) is 27.9 Å². The summed E-state index contributed by atoms with van der Waals surface area (Å²) >= 11 is 0. The molecule has 0 N–H and O–H groups in total. The van der Waals surface area contributed by atoms with Gasteiger partial charge in [-0.15, -0.1) is 0 Å². The number of benzene rings is 1. The Bertz CT molecular complexity index is 808. The number of carbonyl (C=O) groups excluding carboxylic acids is 2. The van der Waals surface area contributed by atoms with Crippen molar-refractivity contribution >= 4 is 17.6 Å². The van der Waals surface area contributed by atoms with Gasteiger partial charge < -0.3 is 4.42 Å². The van der Waals surface area contributed by atoms with Crippen LogP contribution in [0, 0.1) is 5.82 Å². The molecular formula is C18H20FN3O3. The van der Waals surface area contributed by atoms with Crippen molar-refractivity contribution in [3.8, 4) is 0 Å². The van der Waals surface area contributed by atoms with Gasteiger partial charge >= 0.3 is 6.03 Å². The molecule has 1 aliphatic rings. The normalized spacial score (nSPS) is 18.4. The highest BCUT2D eigenvalue weighted by Crippen LogP contribution is 2.28. The van der Waals surface area contributed by atoms with Crippen molar-refractivity contribution in [1.29, 1.82) is 0 Å². The lowest BCUT2D eigenvalue weighted by atomic mass is 9.94. The highest BCUT2D eigenvalue weighted by atomic mass is 19.1. The van der Waals surface area contributed by atoms with E-state index in [9.17, 15) is 14.0 Å².